The Morgan fingerprint density at radius 1 is 1.23 bits per heavy atom. The molecule has 0 radical (unpaired) electrons. The third kappa shape index (κ3) is 4.74. The lowest BCUT2D eigenvalue weighted by atomic mass is 9.96. The van der Waals surface area contributed by atoms with Gasteiger partial charge in [-0.15, -0.1) is 0 Å². The van der Waals surface area contributed by atoms with E-state index >= 15 is 0 Å². The Kier molecular flexibility index (Phi) is 6.26. The summed E-state index contributed by atoms with van der Waals surface area (Å²) < 4.78 is 5.59. The number of hydrogen-bond acceptors (Lipinski definition) is 5. The van der Waals surface area contributed by atoms with Gasteiger partial charge in [-0.25, -0.2) is 0 Å². The minimum absolute atomic E-state index is 0.105. The van der Waals surface area contributed by atoms with Crippen molar-refractivity contribution < 1.29 is 14.3 Å². The summed E-state index contributed by atoms with van der Waals surface area (Å²) in [6, 6.07) is 12.8. The number of H-pyrrole nitrogens is 1. The molecule has 1 aliphatic rings. The second-order valence-corrected chi connectivity index (χ2v) is 7.41. The van der Waals surface area contributed by atoms with Crippen LogP contribution in [0.1, 0.15) is 30.3 Å². The molecule has 8 heteroatoms. The summed E-state index contributed by atoms with van der Waals surface area (Å²) in [4.78, 5) is 31.6. The molecule has 0 bridgehead atoms. The molecule has 2 aromatic heterocycles. The first-order valence-corrected chi connectivity index (χ1v) is 10.4. The minimum atomic E-state index is -0.282. The van der Waals surface area contributed by atoms with Crippen molar-refractivity contribution >= 4 is 17.5 Å². The molecule has 3 aromatic rings. The second-order valence-electron chi connectivity index (χ2n) is 7.41. The molecule has 1 saturated heterocycles. The number of piperidine rings is 1. The van der Waals surface area contributed by atoms with Crippen LogP contribution in [-0.2, 0) is 4.79 Å². The second kappa shape index (κ2) is 9.42. The van der Waals surface area contributed by atoms with Crippen LogP contribution in [0.3, 0.4) is 0 Å². The van der Waals surface area contributed by atoms with Crippen molar-refractivity contribution in [2.45, 2.75) is 19.8 Å². The monoisotopic (exact) mass is 419 g/mol. The molecule has 4 rings (SSSR count). The maximum absolute atomic E-state index is 13.0. The van der Waals surface area contributed by atoms with Gasteiger partial charge < -0.3 is 15.0 Å². The number of anilines is 1. The molecule has 0 saturated carbocycles. The number of aromatic nitrogens is 3. The van der Waals surface area contributed by atoms with Gasteiger partial charge in [0.05, 0.1) is 23.9 Å². The molecule has 8 nitrogen and oxygen atoms in total. The Balaban J connectivity index is 1.42. The number of hydrogen-bond donors (Lipinski definition) is 2. The fourth-order valence-corrected chi connectivity index (χ4v) is 3.73. The lowest BCUT2D eigenvalue weighted by Gasteiger charge is -2.31. The minimum Gasteiger partial charge on any atom is -0.492 e. The van der Waals surface area contributed by atoms with E-state index in [1.165, 1.54) is 0 Å². The summed E-state index contributed by atoms with van der Waals surface area (Å²) in [5.74, 6) is 0.102. The number of carbonyl (C=O) groups excluding carboxylic acids is 2. The van der Waals surface area contributed by atoms with Gasteiger partial charge in [-0.05, 0) is 50.1 Å². The van der Waals surface area contributed by atoms with Crippen LogP contribution in [0, 0.1) is 5.92 Å². The van der Waals surface area contributed by atoms with E-state index in [0.717, 1.165) is 18.4 Å². The van der Waals surface area contributed by atoms with Gasteiger partial charge in [-0.2, -0.15) is 5.10 Å². The zero-order valence-electron chi connectivity index (χ0n) is 17.4. The molecule has 3 heterocycles. The number of pyridine rings is 1. The van der Waals surface area contributed by atoms with Crippen LogP contribution in [0.2, 0.25) is 0 Å². The first kappa shape index (κ1) is 20.6. The van der Waals surface area contributed by atoms with Crippen LogP contribution in [-0.4, -0.2) is 51.6 Å². The molecule has 31 heavy (non-hydrogen) atoms. The molecule has 0 spiro atoms. The number of aromatic amines is 1. The number of nitrogens with one attached hydrogen (secondary N) is 2. The summed E-state index contributed by atoms with van der Waals surface area (Å²) >= 11 is 0. The maximum Gasteiger partial charge on any atom is 0.271 e. The highest BCUT2D eigenvalue weighted by Gasteiger charge is 2.30. The molecule has 1 atom stereocenters. The number of rotatable bonds is 6. The zero-order chi connectivity index (χ0) is 21.6. The van der Waals surface area contributed by atoms with Crippen LogP contribution in [0.25, 0.3) is 11.3 Å². The molecule has 160 valence electrons. The molecule has 1 fully saturated rings. The van der Waals surface area contributed by atoms with E-state index in [4.69, 9.17) is 4.74 Å². The summed E-state index contributed by atoms with van der Waals surface area (Å²) in [6.07, 6.45) is 4.87. The van der Waals surface area contributed by atoms with E-state index in [-0.39, 0.29) is 17.7 Å². The average Bonchev–Trinajstić information content (AvgIpc) is 3.31. The van der Waals surface area contributed by atoms with Crippen LogP contribution >= 0.6 is 0 Å². The molecule has 2 amide bonds. The Labute approximate surface area is 180 Å². The number of benzene rings is 1. The smallest absolute Gasteiger partial charge is 0.271 e. The quantitative estimate of drug-likeness (QED) is 0.638. The normalized spacial score (nSPS) is 16.0. The molecule has 0 aliphatic carbocycles. The highest BCUT2D eigenvalue weighted by Crippen LogP contribution is 2.26. The van der Waals surface area contributed by atoms with E-state index in [1.54, 1.807) is 23.4 Å². The Morgan fingerprint density at radius 2 is 2.03 bits per heavy atom. The predicted octanol–water partition coefficient (Wildman–Crippen LogP) is 3.36. The lowest BCUT2D eigenvalue weighted by molar-refractivity contribution is -0.121. The van der Waals surface area contributed by atoms with Gasteiger partial charge in [0.15, 0.2) is 0 Å². The fraction of sp³-hybridized carbons (Fsp3) is 0.304. The van der Waals surface area contributed by atoms with Crippen LogP contribution in [0.15, 0.2) is 54.9 Å². The van der Waals surface area contributed by atoms with Crippen molar-refractivity contribution in [3.05, 3.63) is 60.6 Å². The SMILES string of the molecule is CCOc1ccccc1NC(=O)[C@@H]1CCCN(C(=O)c2cc(-c3ccncc3)n[nH]2)C1. The standard InChI is InChI=1S/C23H25N5O3/c1-2-31-21-8-4-3-7-18(21)25-22(29)17-6-5-13-28(15-17)23(30)20-14-19(26-27-20)16-9-11-24-12-10-16/h3-4,7-12,14,17H,2,5-6,13,15H2,1H3,(H,25,29)(H,26,27)/t17-/m1/s1. The first-order valence-electron chi connectivity index (χ1n) is 10.4. The molecule has 2 N–H and O–H groups in total. The van der Waals surface area contributed by atoms with Crippen LogP contribution < -0.4 is 10.1 Å². The number of para-hydroxylation sites is 2. The molecule has 1 aliphatic heterocycles. The Hall–Kier alpha value is -3.68. The van der Waals surface area contributed by atoms with Crippen molar-refractivity contribution in [3.8, 4) is 17.0 Å². The van der Waals surface area contributed by atoms with Crippen molar-refractivity contribution in [1.82, 2.24) is 20.1 Å². The Bertz CT molecular complexity index is 1050. The number of likely N-dealkylation sites (tertiary alicyclic amines) is 1. The summed E-state index contributed by atoms with van der Waals surface area (Å²) in [5.41, 5.74) is 2.63. The third-order valence-corrected chi connectivity index (χ3v) is 5.31. The van der Waals surface area contributed by atoms with Crippen molar-refractivity contribution in [3.63, 3.8) is 0 Å². The first-order chi connectivity index (χ1) is 15.2. The van der Waals surface area contributed by atoms with Crippen LogP contribution in [0.5, 0.6) is 5.75 Å². The van der Waals surface area contributed by atoms with Crippen molar-refractivity contribution in [1.29, 1.82) is 0 Å². The Morgan fingerprint density at radius 3 is 2.84 bits per heavy atom. The fourth-order valence-electron chi connectivity index (χ4n) is 3.73. The summed E-state index contributed by atoms with van der Waals surface area (Å²) in [5, 5.41) is 10.0. The van der Waals surface area contributed by atoms with Gasteiger partial charge in [-0.1, -0.05) is 12.1 Å². The van der Waals surface area contributed by atoms with E-state index < -0.39 is 0 Å². The van der Waals surface area contributed by atoms with Crippen molar-refractivity contribution in [2.24, 2.45) is 5.92 Å². The van der Waals surface area contributed by atoms with Gasteiger partial charge in [0, 0.05) is 31.0 Å². The topological polar surface area (TPSA) is 100 Å². The lowest BCUT2D eigenvalue weighted by Crippen LogP contribution is -2.43. The molecule has 1 aromatic carbocycles. The summed E-state index contributed by atoms with van der Waals surface area (Å²) in [6.45, 7) is 3.40. The highest BCUT2D eigenvalue weighted by atomic mass is 16.5. The molecular formula is C23H25N5O3. The van der Waals surface area contributed by atoms with Gasteiger partial charge in [0.25, 0.3) is 5.91 Å². The molecular weight excluding hydrogens is 394 g/mol. The number of nitrogens with zero attached hydrogens (tertiary/aromatic N) is 3. The van der Waals surface area contributed by atoms with Gasteiger partial charge in [0.2, 0.25) is 5.91 Å². The zero-order valence-corrected chi connectivity index (χ0v) is 17.4. The summed E-state index contributed by atoms with van der Waals surface area (Å²) in [7, 11) is 0. The third-order valence-electron chi connectivity index (χ3n) is 5.31. The van der Waals surface area contributed by atoms with Gasteiger partial charge in [-0.3, -0.25) is 19.7 Å². The maximum atomic E-state index is 13.0. The highest BCUT2D eigenvalue weighted by molar-refractivity contribution is 5.96. The van der Waals surface area contributed by atoms with Gasteiger partial charge in [0.1, 0.15) is 11.4 Å². The van der Waals surface area contributed by atoms with E-state index in [0.29, 0.717) is 42.5 Å². The predicted molar refractivity (Wildman–Crippen MR) is 117 cm³/mol. The van der Waals surface area contributed by atoms with E-state index in [9.17, 15) is 9.59 Å². The number of ether oxygens (including phenoxy) is 1. The van der Waals surface area contributed by atoms with E-state index in [1.807, 2.05) is 43.3 Å². The van der Waals surface area contributed by atoms with Crippen LogP contribution in [0.4, 0.5) is 5.69 Å². The van der Waals surface area contributed by atoms with E-state index in [2.05, 4.69) is 20.5 Å². The molecule has 0 unspecified atom stereocenters. The van der Waals surface area contributed by atoms with Crippen molar-refractivity contribution in [2.75, 3.05) is 25.0 Å². The number of carbonyl (C=O) groups is 2. The number of amides is 2. The van der Waals surface area contributed by atoms with Gasteiger partial charge >= 0.3 is 0 Å². The largest absolute Gasteiger partial charge is 0.492 e. The average molecular weight is 419 g/mol.